The van der Waals surface area contributed by atoms with Crippen LogP contribution in [0.4, 0.5) is 23.1 Å². The minimum absolute atomic E-state index is 0.559. The van der Waals surface area contributed by atoms with Crippen LogP contribution in [0.15, 0.2) is 54.6 Å². The smallest absolute Gasteiger partial charge is 0.229 e. The summed E-state index contributed by atoms with van der Waals surface area (Å²) in [6, 6.07) is 17.7. The summed E-state index contributed by atoms with van der Waals surface area (Å²) >= 11 is 0. The predicted octanol–water partition coefficient (Wildman–Crippen LogP) is 4.59. The maximum Gasteiger partial charge on any atom is 0.229 e. The van der Waals surface area contributed by atoms with Crippen molar-refractivity contribution in [1.29, 1.82) is 0 Å². The van der Waals surface area contributed by atoms with Crippen LogP contribution >= 0.6 is 0 Å². The molecule has 0 saturated heterocycles. The van der Waals surface area contributed by atoms with Gasteiger partial charge in [0.25, 0.3) is 0 Å². The predicted molar refractivity (Wildman–Crippen MR) is 97.5 cm³/mol. The maximum absolute atomic E-state index is 5.24. The summed E-state index contributed by atoms with van der Waals surface area (Å²) in [5.41, 5.74) is 3.96. The second kappa shape index (κ2) is 7.00. The second-order valence-corrected chi connectivity index (χ2v) is 5.57. The Balaban J connectivity index is 1.81. The lowest BCUT2D eigenvalue weighted by molar-refractivity contribution is 0.415. The number of hydrogen-bond acceptors (Lipinski definition) is 5. The first-order chi connectivity index (χ1) is 11.6. The number of aryl methyl sites for hydroxylation is 2. The van der Waals surface area contributed by atoms with Crippen molar-refractivity contribution in [3.63, 3.8) is 0 Å². The molecule has 0 saturated carbocycles. The molecule has 0 radical (unpaired) electrons. The third-order valence-electron chi connectivity index (χ3n) is 3.50. The van der Waals surface area contributed by atoms with Crippen LogP contribution in [0.5, 0.6) is 5.75 Å². The standard InChI is InChI=1S/C19H20N4O/c1-13-7-9-15(10-8-13)22-19-20-14(2)11-18(23-19)21-16-5-4-6-17(12-16)24-3/h4-12H,1-3H3,(H2,20,21,22,23). The molecule has 3 rings (SSSR count). The van der Waals surface area contributed by atoms with Crippen LogP contribution < -0.4 is 15.4 Å². The van der Waals surface area contributed by atoms with Crippen molar-refractivity contribution in [2.45, 2.75) is 13.8 Å². The molecule has 0 bridgehead atoms. The van der Waals surface area contributed by atoms with Gasteiger partial charge in [-0.15, -0.1) is 0 Å². The highest BCUT2D eigenvalue weighted by atomic mass is 16.5. The van der Waals surface area contributed by atoms with E-state index >= 15 is 0 Å². The van der Waals surface area contributed by atoms with E-state index < -0.39 is 0 Å². The Morgan fingerprint density at radius 2 is 1.62 bits per heavy atom. The van der Waals surface area contributed by atoms with Gasteiger partial charge in [-0.2, -0.15) is 4.98 Å². The number of aromatic nitrogens is 2. The van der Waals surface area contributed by atoms with Crippen molar-refractivity contribution in [2.24, 2.45) is 0 Å². The molecule has 0 amide bonds. The molecule has 1 aromatic heterocycles. The van der Waals surface area contributed by atoms with Crippen molar-refractivity contribution in [2.75, 3.05) is 17.7 Å². The molecule has 0 aliphatic carbocycles. The van der Waals surface area contributed by atoms with Crippen molar-refractivity contribution >= 4 is 23.1 Å². The third kappa shape index (κ3) is 4.01. The van der Waals surface area contributed by atoms with Gasteiger partial charge >= 0.3 is 0 Å². The van der Waals surface area contributed by atoms with Gasteiger partial charge in [0, 0.05) is 29.2 Å². The summed E-state index contributed by atoms with van der Waals surface area (Å²) in [6.07, 6.45) is 0. The highest BCUT2D eigenvalue weighted by Crippen LogP contribution is 2.22. The Kier molecular flexibility index (Phi) is 4.61. The monoisotopic (exact) mass is 320 g/mol. The Labute approximate surface area is 141 Å². The van der Waals surface area contributed by atoms with Crippen molar-refractivity contribution < 1.29 is 4.74 Å². The zero-order chi connectivity index (χ0) is 16.9. The minimum Gasteiger partial charge on any atom is -0.497 e. The SMILES string of the molecule is COc1cccc(Nc2cc(C)nc(Nc3ccc(C)cc3)n2)c1. The molecule has 2 N–H and O–H groups in total. The Bertz CT molecular complexity index is 831. The fourth-order valence-electron chi connectivity index (χ4n) is 2.30. The van der Waals surface area contributed by atoms with Crippen LogP contribution in [0.3, 0.4) is 0 Å². The summed E-state index contributed by atoms with van der Waals surface area (Å²) in [5.74, 6) is 2.08. The highest BCUT2D eigenvalue weighted by Gasteiger charge is 2.04. The highest BCUT2D eigenvalue weighted by molar-refractivity contribution is 5.61. The Morgan fingerprint density at radius 1 is 0.833 bits per heavy atom. The van der Waals surface area contributed by atoms with E-state index in [1.807, 2.05) is 61.5 Å². The van der Waals surface area contributed by atoms with E-state index in [0.717, 1.165) is 28.6 Å². The minimum atomic E-state index is 0.559. The number of rotatable bonds is 5. The third-order valence-corrected chi connectivity index (χ3v) is 3.50. The van der Waals surface area contributed by atoms with Crippen LogP contribution in [0, 0.1) is 13.8 Å². The van der Waals surface area contributed by atoms with Crippen LogP contribution in [0.2, 0.25) is 0 Å². The summed E-state index contributed by atoms with van der Waals surface area (Å²) in [7, 11) is 1.65. The molecule has 24 heavy (non-hydrogen) atoms. The molecular weight excluding hydrogens is 300 g/mol. The van der Waals surface area contributed by atoms with E-state index in [1.54, 1.807) is 7.11 Å². The summed E-state index contributed by atoms with van der Waals surface area (Å²) in [6.45, 7) is 4.00. The van der Waals surface area contributed by atoms with Gasteiger partial charge in [-0.1, -0.05) is 23.8 Å². The molecule has 0 atom stereocenters. The van der Waals surface area contributed by atoms with Crippen molar-refractivity contribution in [3.8, 4) is 5.75 Å². The Hall–Kier alpha value is -3.08. The van der Waals surface area contributed by atoms with E-state index in [1.165, 1.54) is 5.56 Å². The largest absolute Gasteiger partial charge is 0.497 e. The second-order valence-electron chi connectivity index (χ2n) is 5.57. The van der Waals surface area contributed by atoms with Gasteiger partial charge in [0.05, 0.1) is 7.11 Å². The van der Waals surface area contributed by atoms with Gasteiger partial charge in [-0.25, -0.2) is 4.98 Å². The van der Waals surface area contributed by atoms with E-state index in [0.29, 0.717) is 5.95 Å². The van der Waals surface area contributed by atoms with Crippen molar-refractivity contribution in [1.82, 2.24) is 9.97 Å². The number of benzene rings is 2. The van der Waals surface area contributed by atoms with E-state index in [2.05, 4.69) is 27.5 Å². The van der Waals surface area contributed by atoms with Gasteiger partial charge in [0.15, 0.2) is 0 Å². The molecule has 0 fully saturated rings. The summed E-state index contributed by atoms with van der Waals surface area (Å²) in [5, 5.41) is 6.52. The normalized spacial score (nSPS) is 10.3. The lowest BCUT2D eigenvalue weighted by atomic mass is 10.2. The maximum atomic E-state index is 5.24. The fourth-order valence-corrected chi connectivity index (χ4v) is 2.30. The fraction of sp³-hybridized carbons (Fsp3) is 0.158. The molecule has 0 aliphatic rings. The average Bonchev–Trinajstić information content (AvgIpc) is 2.56. The molecule has 5 heteroatoms. The van der Waals surface area contributed by atoms with Crippen LogP contribution in [0.1, 0.15) is 11.3 Å². The topological polar surface area (TPSA) is 59.1 Å². The zero-order valence-electron chi connectivity index (χ0n) is 14.0. The summed E-state index contributed by atoms with van der Waals surface area (Å²) in [4.78, 5) is 8.97. The number of nitrogens with one attached hydrogen (secondary N) is 2. The molecule has 2 aromatic carbocycles. The van der Waals surface area contributed by atoms with Crippen molar-refractivity contribution in [3.05, 3.63) is 65.9 Å². The van der Waals surface area contributed by atoms with Gasteiger partial charge < -0.3 is 15.4 Å². The first kappa shape index (κ1) is 15.8. The molecule has 0 unspecified atom stereocenters. The molecule has 0 spiro atoms. The quantitative estimate of drug-likeness (QED) is 0.720. The number of nitrogens with zero attached hydrogens (tertiary/aromatic N) is 2. The van der Waals surface area contributed by atoms with Gasteiger partial charge in [0.2, 0.25) is 5.95 Å². The number of anilines is 4. The number of hydrogen-bond donors (Lipinski definition) is 2. The average molecular weight is 320 g/mol. The lowest BCUT2D eigenvalue weighted by Crippen LogP contribution is -2.02. The first-order valence-corrected chi connectivity index (χ1v) is 7.73. The van der Waals surface area contributed by atoms with Gasteiger partial charge in [-0.3, -0.25) is 0 Å². The zero-order valence-corrected chi connectivity index (χ0v) is 14.0. The Morgan fingerprint density at radius 3 is 2.38 bits per heavy atom. The molecular formula is C19H20N4O. The number of ether oxygens (including phenoxy) is 1. The number of methoxy groups -OCH3 is 1. The molecule has 122 valence electrons. The molecule has 1 heterocycles. The van der Waals surface area contributed by atoms with E-state index in [4.69, 9.17) is 4.74 Å². The lowest BCUT2D eigenvalue weighted by Gasteiger charge is -2.11. The van der Waals surface area contributed by atoms with Gasteiger partial charge in [0.1, 0.15) is 11.6 Å². The van der Waals surface area contributed by atoms with E-state index in [-0.39, 0.29) is 0 Å². The summed E-state index contributed by atoms with van der Waals surface area (Å²) < 4.78 is 5.24. The van der Waals surface area contributed by atoms with Crippen LogP contribution in [-0.4, -0.2) is 17.1 Å². The van der Waals surface area contributed by atoms with Crippen LogP contribution in [-0.2, 0) is 0 Å². The van der Waals surface area contributed by atoms with Crippen LogP contribution in [0.25, 0.3) is 0 Å². The molecule has 5 nitrogen and oxygen atoms in total. The van der Waals surface area contributed by atoms with Gasteiger partial charge in [-0.05, 0) is 38.1 Å². The molecule has 0 aliphatic heterocycles. The molecule has 3 aromatic rings. The first-order valence-electron chi connectivity index (χ1n) is 7.73. The van der Waals surface area contributed by atoms with E-state index in [9.17, 15) is 0 Å².